The highest BCUT2D eigenvalue weighted by atomic mass is 16.4. The van der Waals surface area contributed by atoms with Crippen LogP contribution in [0.5, 0.6) is 0 Å². The number of carbonyl (C=O) groups excluding carboxylic acids is 1. The normalized spacial score (nSPS) is 10.7. The van der Waals surface area contributed by atoms with Crippen molar-refractivity contribution in [2.75, 3.05) is 13.6 Å². The molecule has 1 aromatic heterocycles. The molecule has 2 aromatic carbocycles. The van der Waals surface area contributed by atoms with Crippen LogP contribution >= 0.6 is 0 Å². The summed E-state index contributed by atoms with van der Waals surface area (Å²) >= 11 is 0. The van der Waals surface area contributed by atoms with Crippen molar-refractivity contribution in [2.24, 2.45) is 0 Å². The van der Waals surface area contributed by atoms with E-state index in [2.05, 4.69) is 14.9 Å². The Kier molecular flexibility index (Phi) is 5.71. The van der Waals surface area contributed by atoms with Crippen LogP contribution in [-0.4, -0.2) is 45.2 Å². The molecule has 7 nitrogen and oxygen atoms in total. The molecule has 0 aliphatic carbocycles. The molecule has 0 bridgehead atoms. The molecular weight excluding hydrogens is 344 g/mol. The van der Waals surface area contributed by atoms with Crippen LogP contribution in [-0.2, 0) is 17.9 Å². The quantitative estimate of drug-likeness (QED) is 0.673. The number of aliphatic carboxylic acids is 1. The summed E-state index contributed by atoms with van der Waals surface area (Å²) in [6.45, 7) is 1.30. The summed E-state index contributed by atoms with van der Waals surface area (Å²) in [6, 6.07) is 15.7. The van der Waals surface area contributed by atoms with Crippen molar-refractivity contribution in [1.29, 1.82) is 0 Å². The number of hydrogen-bond donors (Lipinski definition) is 2. The summed E-state index contributed by atoms with van der Waals surface area (Å²) in [5.41, 5.74) is 4.20. The first-order valence-corrected chi connectivity index (χ1v) is 8.71. The van der Waals surface area contributed by atoms with Crippen molar-refractivity contribution in [2.45, 2.75) is 19.5 Å². The van der Waals surface area contributed by atoms with E-state index in [1.165, 1.54) is 4.90 Å². The number of hydrogen-bond acceptors (Lipinski definition) is 3. The lowest BCUT2D eigenvalue weighted by Crippen LogP contribution is -2.37. The van der Waals surface area contributed by atoms with Crippen molar-refractivity contribution >= 4 is 23.0 Å². The number of amides is 2. The molecule has 3 aromatic rings. The van der Waals surface area contributed by atoms with Crippen LogP contribution in [0.1, 0.15) is 17.5 Å². The molecule has 0 radical (unpaired) electrons. The molecule has 0 spiro atoms. The maximum Gasteiger partial charge on any atom is 0.317 e. The maximum atomic E-state index is 11.9. The van der Waals surface area contributed by atoms with Gasteiger partial charge in [-0.15, -0.1) is 0 Å². The SMILES string of the molecule is CN(CCC(=O)O)C(=O)NCc1ccc(Cn2cnc3ccccc32)cc1. The third-order valence-electron chi connectivity index (χ3n) is 4.35. The zero-order valence-electron chi connectivity index (χ0n) is 15.1. The molecule has 0 fully saturated rings. The zero-order chi connectivity index (χ0) is 19.2. The van der Waals surface area contributed by atoms with Crippen molar-refractivity contribution in [3.05, 3.63) is 66.0 Å². The third kappa shape index (κ3) is 4.84. The van der Waals surface area contributed by atoms with Gasteiger partial charge in [-0.3, -0.25) is 4.79 Å². The number of imidazole rings is 1. The van der Waals surface area contributed by atoms with Crippen LogP contribution in [0.4, 0.5) is 4.79 Å². The van der Waals surface area contributed by atoms with Crippen LogP contribution in [0, 0.1) is 0 Å². The number of benzene rings is 2. The van der Waals surface area contributed by atoms with Gasteiger partial charge in [-0.1, -0.05) is 36.4 Å². The second-order valence-electron chi connectivity index (χ2n) is 6.40. The highest BCUT2D eigenvalue weighted by molar-refractivity contribution is 5.75. The van der Waals surface area contributed by atoms with Gasteiger partial charge >= 0.3 is 12.0 Å². The number of carboxylic acid groups (broad SMARTS) is 1. The number of nitrogens with zero attached hydrogens (tertiary/aromatic N) is 3. The average molecular weight is 366 g/mol. The number of aromatic nitrogens is 2. The molecule has 3 rings (SSSR count). The van der Waals surface area contributed by atoms with E-state index < -0.39 is 5.97 Å². The van der Waals surface area contributed by atoms with Gasteiger partial charge in [-0.05, 0) is 23.3 Å². The van der Waals surface area contributed by atoms with Crippen molar-refractivity contribution in [3.8, 4) is 0 Å². The predicted octanol–water partition coefficient (Wildman–Crippen LogP) is 2.70. The summed E-state index contributed by atoms with van der Waals surface area (Å²) in [4.78, 5) is 28.3. The first kappa shape index (κ1) is 18.4. The second kappa shape index (κ2) is 8.35. The van der Waals surface area contributed by atoms with Crippen LogP contribution in [0.3, 0.4) is 0 Å². The van der Waals surface area contributed by atoms with Crippen LogP contribution in [0.15, 0.2) is 54.9 Å². The minimum atomic E-state index is -0.920. The molecule has 1 heterocycles. The highest BCUT2D eigenvalue weighted by Crippen LogP contribution is 2.14. The molecule has 0 aliphatic rings. The molecule has 7 heteroatoms. The van der Waals surface area contributed by atoms with Gasteiger partial charge < -0.3 is 19.9 Å². The lowest BCUT2D eigenvalue weighted by atomic mass is 10.1. The maximum absolute atomic E-state index is 11.9. The molecule has 27 heavy (non-hydrogen) atoms. The molecule has 0 atom stereocenters. The fourth-order valence-corrected chi connectivity index (χ4v) is 2.77. The average Bonchev–Trinajstić information content (AvgIpc) is 3.08. The first-order valence-electron chi connectivity index (χ1n) is 8.71. The lowest BCUT2D eigenvalue weighted by molar-refractivity contribution is -0.137. The molecule has 0 aliphatic heterocycles. The topological polar surface area (TPSA) is 87.5 Å². The third-order valence-corrected chi connectivity index (χ3v) is 4.35. The Morgan fingerprint density at radius 3 is 2.56 bits per heavy atom. The van der Waals surface area contributed by atoms with E-state index in [0.717, 1.165) is 28.7 Å². The zero-order valence-corrected chi connectivity index (χ0v) is 15.1. The van der Waals surface area contributed by atoms with E-state index in [4.69, 9.17) is 5.11 Å². The van der Waals surface area contributed by atoms with Crippen molar-refractivity contribution in [1.82, 2.24) is 19.8 Å². The van der Waals surface area contributed by atoms with Crippen LogP contribution < -0.4 is 5.32 Å². The van der Waals surface area contributed by atoms with Gasteiger partial charge in [0.05, 0.1) is 23.8 Å². The Bertz CT molecular complexity index is 934. The van der Waals surface area contributed by atoms with Gasteiger partial charge in [0.15, 0.2) is 0 Å². The Morgan fingerprint density at radius 2 is 1.81 bits per heavy atom. The summed E-state index contributed by atoms with van der Waals surface area (Å²) in [5.74, 6) is -0.920. The molecule has 0 saturated carbocycles. The van der Waals surface area contributed by atoms with Crippen LogP contribution in [0.25, 0.3) is 11.0 Å². The monoisotopic (exact) mass is 366 g/mol. The molecule has 0 unspecified atom stereocenters. The fraction of sp³-hybridized carbons (Fsp3) is 0.250. The second-order valence-corrected chi connectivity index (χ2v) is 6.40. The molecule has 2 N–H and O–H groups in total. The van der Waals surface area contributed by atoms with E-state index in [-0.39, 0.29) is 19.0 Å². The minimum absolute atomic E-state index is 0.0679. The number of rotatable bonds is 7. The number of urea groups is 1. The summed E-state index contributed by atoms with van der Waals surface area (Å²) < 4.78 is 2.10. The summed E-state index contributed by atoms with van der Waals surface area (Å²) in [6.07, 6.45) is 1.77. The van der Waals surface area contributed by atoms with Gasteiger partial charge in [0.25, 0.3) is 0 Å². The van der Waals surface area contributed by atoms with E-state index >= 15 is 0 Å². The van der Waals surface area contributed by atoms with E-state index in [1.807, 2.05) is 54.9 Å². The van der Waals surface area contributed by atoms with Gasteiger partial charge in [0.2, 0.25) is 0 Å². The number of carbonyl (C=O) groups is 2. The Morgan fingerprint density at radius 1 is 1.11 bits per heavy atom. The Balaban J connectivity index is 1.54. The number of nitrogens with one attached hydrogen (secondary N) is 1. The van der Waals surface area contributed by atoms with E-state index in [1.54, 1.807) is 7.05 Å². The molecular formula is C20H22N4O3. The Labute approximate surface area is 157 Å². The van der Waals surface area contributed by atoms with E-state index in [0.29, 0.717) is 6.54 Å². The van der Waals surface area contributed by atoms with Crippen molar-refractivity contribution in [3.63, 3.8) is 0 Å². The molecule has 2 amide bonds. The number of carboxylic acids is 1. The molecule has 0 saturated heterocycles. The smallest absolute Gasteiger partial charge is 0.317 e. The van der Waals surface area contributed by atoms with Crippen molar-refractivity contribution < 1.29 is 14.7 Å². The largest absolute Gasteiger partial charge is 0.481 e. The van der Waals surface area contributed by atoms with E-state index in [9.17, 15) is 9.59 Å². The predicted molar refractivity (Wildman–Crippen MR) is 102 cm³/mol. The highest BCUT2D eigenvalue weighted by Gasteiger charge is 2.09. The summed E-state index contributed by atoms with van der Waals surface area (Å²) in [7, 11) is 1.58. The number of fused-ring (bicyclic) bond motifs is 1. The van der Waals surface area contributed by atoms with Gasteiger partial charge in [-0.2, -0.15) is 0 Å². The molecule has 140 valence electrons. The standard InChI is InChI=1S/C20H22N4O3/c1-23(11-10-19(25)26)20(27)21-12-15-6-8-16(9-7-15)13-24-14-22-17-4-2-3-5-18(17)24/h2-9,14H,10-13H2,1H3,(H,21,27)(H,25,26). The van der Waals surface area contributed by atoms with Gasteiger partial charge in [-0.25, -0.2) is 9.78 Å². The Hall–Kier alpha value is -3.35. The van der Waals surface area contributed by atoms with Gasteiger partial charge in [0, 0.05) is 26.7 Å². The lowest BCUT2D eigenvalue weighted by Gasteiger charge is -2.17. The minimum Gasteiger partial charge on any atom is -0.481 e. The summed E-state index contributed by atoms with van der Waals surface area (Å²) in [5, 5.41) is 11.5. The first-order chi connectivity index (χ1) is 13.0. The van der Waals surface area contributed by atoms with Crippen LogP contribution in [0.2, 0.25) is 0 Å². The van der Waals surface area contributed by atoms with Gasteiger partial charge in [0.1, 0.15) is 0 Å². The number of para-hydroxylation sites is 2. The fourth-order valence-electron chi connectivity index (χ4n) is 2.77.